The minimum Gasteiger partial charge on any atom is -0.469 e. The molecule has 0 rings (SSSR count). The van der Waals surface area contributed by atoms with Gasteiger partial charge < -0.3 is 9.84 Å². The molecule has 3 heteroatoms. The third-order valence-corrected chi connectivity index (χ3v) is 1.60. The number of rotatable bonds is 5. The summed E-state index contributed by atoms with van der Waals surface area (Å²) < 4.78 is 4.50. The molecule has 1 atom stereocenters. The van der Waals surface area contributed by atoms with Crippen molar-refractivity contribution in [3.63, 3.8) is 0 Å². The van der Waals surface area contributed by atoms with Crippen LogP contribution in [0.5, 0.6) is 0 Å². The van der Waals surface area contributed by atoms with Crippen molar-refractivity contribution in [2.75, 3.05) is 13.7 Å². The van der Waals surface area contributed by atoms with Gasteiger partial charge in [0, 0.05) is 13.0 Å². The zero-order chi connectivity index (χ0) is 8.69. The van der Waals surface area contributed by atoms with Gasteiger partial charge in [-0.2, -0.15) is 0 Å². The molecule has 0 aliphatic heterocycles. The summed E-state index contributed by atoms with van der Waals surface area (Å²) in [4.78, 5) is 10.7. The number of hydrogen-bond donors (Lipinski definition) is 1. The van der Waals surface area contributed by atoms with Crippen LogP contribution in [0.25, 0.3) is 0 Å². The predicted octanol–water partition coefficient (Wildman–Crippen LogP) is 0.958. The molecule has 0 bridgehead atoms. The molecule has 0 fully saturated rings. The van der Waals surface area contributed by atoms with Gasteiger partial charge in [0.15, 0.2) is 0 Å². The molecule has 0 heterocycles. The monoisotopic (exact) mass is 160 g/mol. The van der Waals surface area contributed by atoms with Crippen molar-refractivity contribution < 1.29 is 14.6 Å². The van der Waals surface area contributed by atoms with E-state index < -0.39 is 0 Å². The van der Waals surface area contributed by atoms with E-state index in [-0.39, 0.29) is 12.6 Å². The highest BCUT2D eigenvalue weighted by molar-refractivity contribution is 5.69. The second kappa shape index (κ2) is 6.16. The second-order valence-electron chi connectivity index (χ2n) is 2.75. The largest absolute Gasteiger partial charge is 0.469 e. The molecule has 0 radical (unpaired) electrons. The maximum absolute atomic E-state index is 10.7. The van der Waals surface area contributed by atoms with Crippen LogP contribution >= 0.6 is 0 Å². The van der Waals surface area contributed by atoms with Crippen molar-refractivity contribution >= 4 is 5.97 Å². The van der Waals surface area contributed by atoms with Gasteiger partial charge in [-0.05, 0) is 18.8 Å². The summed E-state index contributed by atoms with van der Waals surface area (Å²) in [5.41, 5.74) is 0. The Morgan fingerprint density at radius 2 is 2.27 bits per heavy atom. The average molecular weight is 160 g/mol. The fraction of sp³-hybridized carbons (Fsp3) is 0.875. The van der Waals surface area contributed by atoms with Crippen molar-refractivity contribution in [3.8, 4) is 0 Å². The summed E-state index contributed by atoms with van der Waals surface area (Å²) in [5, 5.41) is 8.49. The lowest BCUT2D eigenvalue weighted by Crippen LogP contribution is -2.07. The van der Waals surface area contributed by atoms with E-state index in [4.69, 9.17) is 5.11 Å². The Morgan fingerprint density at radius 1 is 1.64 bits per heavy atom. The number of methoxy groups -OCH3 is 1. The lowest BCUT2D eigenvalue weighted by atomic mass is 10.0. The van der Waals surface area contributed by atoms with Gasteiger partial charge in [-0.25, -0.2) is 0 Å². The van der Waals surface area contributed by atoms with Crippen LogP contribution in [0.4, 0.5) is 0 Å². The normalized spacial score (nSPS) is 12.6. The molecule has 0 aromatic heterocycles. The zero-order valence-electron chi connectivity index (χ0n) is 7.17. The van der Waals surface area contributed by atoms with Gasteiger partial charge in [0.05, 0.1) is 7.11 Å². The molecule has 0 aromatic rings. The molecule has 0 amide bonds. The summed E-state index contributed by atoms with van der Waals surface area (Å²) in [6, 6.07) is 0. The number of aliphatic hydroxyl groups is 1. The molecule has 1 unspecified atom stereocenters. The summed E-state index contributed by atoms with van der Waals surface area (Å²) in [5.74, 6) is 0.144. The Morgan fingerprint density at radius 3 is 2.73 bits per heavy atom. The van der Waals surface area contributed by atoms with Crippen molar-refractivity contribution in [3.05, 3.63) is 0 Å². The molecule has 0 aliphatic rings. The zero-order valence-corrected chi connectivity index (χ0v) is 7.17. The number of hydrogen-bond acceptors (Lipinski definition) is 3. The lowest BCUT2D eigenvalue weighted by molar-refractivity contribution is -0.141. The van der Waals surface area contributed by atoms with Crippen LogP contribution in [0, 0.1) is 5.92 Å². The van der Waals surface area contributed by atoms with E-state index in [0.717, 1.165) is 12.8 Å². The molecular weight excluding hydrogens is 144 g/mol. The van der Waals surface area contributed by atoms with E-state index in [1.54, 1.807) is 0 Å². The minimum atomic E-state index is -0.171. The van der Waals surface area contributed by atoms with Gasteiger partial charge in [-0.15, -0.1) is 0 Å². The molecule has 0 saturated carbocycles. The number of carbonyl (C=O) groups excluding carboxylic acids is 1. The molecule has 0 spiro atoms. The standard InChI is InChI=1S/C8H16O3/c1-7(4-3-5-9)6-8(10)11-2/h7,9H,3-6H2,1-2H3. The first-order valence-electron chi connectivity index (χ1n) is 3.88. The Hall–Kier alpha value is -0.570. The minimum absolute atomic E-state index is 0.171. The maximum Gasteiger partial charge on any atom is 0.305 e. The van der Waals surface area contributed by atoms with Crippen LogP contribution in [0.15, 0.2) is 0 Å². The third kappa shape index (κ3) is 5.85. The Balaban J connectivity index is 3.35. The summed E-state index contributed by atoms with van der Waals surface area (Å²) >= 11 is 0. The number of carbonyl (C=O) groups is 1. The highest BCUT2D eigenvalue weighted by Gasteiger charge is 2.07. The molecule has 0 aromatic carbocycles. The first-order valence-corrected chi connectivity index (χ1v) is 3.88. The highest BCUT2D eigenvalue weighted by atomic mass is 16.5. The van der Waals surface area contributed by atoms with E-state index in [9.17, 15) is 4.79 Å². The molecular formula is C8H16O3. The molecule has 11 heavy (non-hydrogen) atoms. The summed E-state index contributed by atoms with van der Waals surface area (Å²) in [6.45, 7) is 2.18. The maximum atomic E-state index is 10.7. The summed E-state index contributed by atoms with van der Waals surface area (Å²) in [6.07, 6.45) is 2.10. The van der Waals surface area contributed by atoms with Gasteiger partial charge in [-0.3, -0.25) is 4.79 Å². The first-order chi connectivity index (χ1) is 5.20. The van der Waals surface area contributed by atoms with Crippen LogP contribution in [0.3, 0.4) is 0 Å². The van der Waals surface area contributed by atoms with E-state index in [0.29, 0.717) is 12.3 Å². The van der Waals surface area contributed by atoms with E-state index in [1.807, 2.05) is 6.92 Å². The fourth-order valence-electron chi connectivity index (χ4n) is 0.910. The van der Waals surface area contributed by atoms with E-state index in [2.05, 4.69) is 4.74 Å². The quantitative estimate of drug-likeness (QED) is 0.609. The molecule has 0 aliphatic carbocycles. The smallest absolute Gasteiger partial charge is 0.305 e. The first kappa shape index (κ1) is 10.4. The third-order valence-electron chi connectivity index (χ3n) is 1.60. The molecule has 0 saturated heterocycles. The Kier molecular flexibility index (Phi) is 5.84. The summed E-state index contributed by atoms with van der Waals surface area (Å²) in [7, 11) is 1.39. The molecule has 66 valence electrons. The number of aliphatic hydroxyl groups excluding tert-OH is 1. The molecule has 1 N–H and O–H groups in total. The van der Waals surface area contributed by atoms with Crippen molar-refractivity contribution in [1.82, 2.24) is 0 Å². The SMILES string of the molecule is COC(=O)CC(C)CCCO. The van der Waals surface area contributed by atoms with Gasteiger partial charge >= 0.3 is 5.97 Å². The van der Waals surface area contributed by atoms with Crippen LogP contribution < -0.4 is 0 Å². The van der Waals surface area contributed by atoms with Crippen LogP contribution in [-0.2, 0) is 9.53 Å². The average Bonchev–Trinajstić information content (AvgIpc) is 2.00. The van der Waals surface area contributed by atoms with Crippen LogP contribution in [0.2, 0.25) is 0 Å². The van der Waals surface area contributed by atoms with Gasteiger partial charge in [0.1, 0.15) is 0 Å². The molecule has 3 nitrogen and oxygen atoms in total. The number of ether oxygens (including phenoxy) is 1. The van der Waals surface area contributed by atoms with Gasteiger partial charge in [0.2, 0.25) is 0 Å². The Bertz CT molecular complexity index is 112. The van der Waals surface area contributed by atoms with E-state index in [1.165, 1.54) is 7.11 Å². The van der Waals surface area contributed by atoms with Crippen LogP contribution in [0.1, 0.15) is 26.2 Å². The lowest BCUT2D eigenvalue weighted by Gasteiger charge is -2.07. The van der Waals surface area contributed by atoms with Crippen LogP contribution in [-0.4, -0.2) is 24.8 Å². The van der Waals surface area contributed by atoms with Gasteiger partial charge in [0.25, 0.3) is 0 Å². The fourth-order valence-corrected chi connectivity index (χ4v) is 0.910. The topological polar surface area (TPSA) is 46.5 Å². The van der Waals surface area contributed by atoms with Crippen molar-refractivity contribution in [2.24, 2.45) is 5.92 Å². The number of esters is 1. The van der Waals surface area contributed by atoms with Crippen molar-refractivity contribution in [2.45, 2.75) is 26.2 Å². The predicted molar refractivity (Wildman–Crippen MR) is 42.1 cm³/mol. The second-order valence-corrected chi connectivity index (χ2v) is 2.75. The van der Waals surface area contributed by atoms with Crippen molar-refractivity contribution in [1.29, 1.82) is 0 Å². The van der Waals surface area contributed by atoms with E-state index >= 15 is 0 Å². The Labute approximate surface area is 67.4 Å². The highest BCUT2D eigenvalue weighted by Crippen LogP contribution is 2.09. The van der Waals surface area contributed by atoms with Gasteiger partial charge in [-0.1, -0.05) is 6.92 Å².